The van der Waals surface area contributed by atoms with Crippen molar-refractivity contribution in [3.05, 3.63) is 65.2 Å². The van der Waals surface area contributed by atoms with Gasteiger partial charge in [0, 0.05) is 43.4 Å². The topological polar surface area (TPSA) is 47.6 Å². The highest BCUT2D eigenvalue weighted by atomic mass is 35.5. The van der Waals surface area contributed by atoms with E-state index in [9.17, 15) is 4.79 Å². The zero-order chi connectivity index (χ0) is 19.1. The molecule has 0 saturated carbocycles. The quantitative estimate of drug-likeness (QED) is 0.792. The number of likely N-dealkylation sites (N-methyl/N-ethyl adjacent to an activating group) is 1. The van der Waals surface area contributed by atoms with E-state index >= 15 is 0 Å². The van der Waals surface area contributed by atoms with Crippen LogP contribution in [0.1, 0.15) is 18.5 Å². The molecular formula is C21H27ClN4O. The zero-order valence-corrected chi connectivity index (χ0v) is 16.5. The fourth-order valence-corrected chi connectivity index (χ4v) is 3.65. The van der Waals surface area contributed by atoms with E-state index in [0.29, 0.717) is 17.3 Å². The lowest BCUT2D eigenvalue weighted by Gasteiger charge is -2.39. The molecule has 1 fully saturated rings. The number of urea groups is 1. The Labute approximate surface area is 166 Å². The maximum atomic E-state index is 12.3. The molecule has 6 heteroatoms. The van der Waals surface area contributed by atoms with Crippen molar-refractivity contribution in [1.29, 1.82) is 0 Å². The number of nitrogens with one attached hydrogen (secondary N) is 2. The third-order valence-corrected chi connectivity index (χ3v) is 5.25. The number of rotatable bonds is 6. The average molecular weight is 387 g/mol. The van der Waals surface area contributed by atoms with Gasteiger partial charge in [0.05, 0.1) is 6.04 Å². The molecule has 0 aliphatic carbocycles. The number of carbonyl (C=O) groups is 1. The fourth-order valence-electron chi connectivity index (χ4n) is 3.46. The van der Waals surface area contributed by atoms with E-state index < -0.39 is 0 Å². The Morgan fingerprint density at radius 3 is 2.48 bits per heavy atom. The molecule has 5 nitrogen and oxygen atoms in total. The Balaban J connectivity index is 1.62. The molecule has 27 heavy (non-hydrogen) atoms. The van der Waals surface area contributed by atoms with Gasteiger partial charge in [-0.2, -0.15) is 0 Å². The third kappa shape index (κ3) is 5.70. The lowest BCUT2D eigenvalue weighted by Crippen LogP contribution is -2.49. The monoisotopic (exact) mass is 386 g/mol. The van der Waals surface area contributed by atoms with Crippen LogP contribution in [-0.4, -0.2) is 55.1 Å². The van der Waals surface area contributed by atoms with Crippen LogP contribution in [0, 0.1) is 0 Å². The molecule has 1 aliphatic heterocycles. The normalized spacial score (nSPS) is 16.7. The van der Waals surface area contributed by atoms with Crippen molar-refractivity contribution < 1.29 is 4.79 Å². The summed E-state index contributed by atoms with van der Waals surface area (Å²) < 4.78 is 0. The van der Waals surface area contributed by atoms with Crippen LogP contribution in [0.2, 0.25) is 5.02 Å². The highest BCUT2D eigenvalue weighted by Gasteiger charge is 2.24. The van der Waals surface area contributed by atoms with Crippen molar-refractivity contribution in [2.75, 3.05) is 44.6 Å². The molecule has 1 atom stereocenters. The zero-order valence-electron chi connectivity index (χ0n) is 15.7. The van der Waals surface area contributed by atoms with Gasteiger partial charge in [-0.25, -0.2) is 4.79 Å². The first-order chi connectivity index (χ1) is 13.2. The highest BCUT2D eigenvalue weighted by molar-refractivity contribution is 6.30. The van der Waals surface area contributed by atoms with Crippen LogP contribution in [0.25, 0.3) is 0 Å². The van der Waals surface area contributed by atoms with Gasteiger partial charge in [-0.3, -0.25) is 4.90 Å². The van der Waals surface area contributed by atoms with Crippen molar-refractivity contribution in [1.82, 2.24) is 15.1 Å². The number of anilines is 1. The molecule has 1 heterocycles. The predicted molar refractivity (Wildman–Crippen MR) is 111 cm³/mol. The molecule has 1 aliphatic rings. The second-order valence-electron chi connectivity index (χ2n) is 6.74. The van der Waals surface area contributed by atoms with Crippen LogP contribution in [0.3, 0.4) is 0 Å². The summed E-state index contributed by atoms with van der Waals surface area (Å²) in [5.41, 5.74) is 1.92. The van der Waals surface area contributed by atoms with E-state index in [1.807, 2.05) is 18.2 Å². The van der Waals surface area contributed by atoms with E-state index in [-0.39, 0.29) is 12.1 Å². The highest BCUT2D eigenvalue weighted by Crippen LogP contribution is 2.22. The summed E-state index contributed by atoms with van der Waals surface area (Å²) in [6, 6.07) is 17.5. The van der Waals surface area contributed by atoms with Crippen LogP contribution in [-0.2, 0) is 0 Å². The SMILES string of the molecule is CCN1CCN(C(CNC(=O)Nc2cccc(Cl)c2)c2ccccc2)CC1. The smallest absolute Gasteiger partial charge is 0.319 e. The van der Waals surface area contributed by atoms with Crippen LogP contribution >= 0.6 is 11.6 Å². The number of nitrogens with zero attached hydrogens (tertiary/aromatic N) is 2. The van der Waals surface area contributed by atoms with Gasteiger partial charge in [0.2, 0.25) is 0 Å². The molecular weight excluding hydrogens is 360 g/mol. The summed E-state index contributed by atoms with van der Waals surface area (Å²) in [6.45, 7) is 7.98. The number of piperazine rings is 1. The molecule has 1 saturated heterocycles. The molecule has 3 rings (SSSR count). The van der Waals surface area contributed by atoms with Crippen LogP contribution in [0.4, 0.5) is 10.5 Å². The van der Waals surface area contributed by atoms with Crippen LogP contribution in [0.5, 0.6) is 0 Å². The first kappa shape index (κ1) is 19.7. The molecule has 0 bridgehead atoms. The summed E-state index contributed by atoms with van der Waals surface area (Å²) in [5.74, 6) is 0. The van der Waals surface area contributed by atoms with Crippen molar-refractivity contribution in [3.8, 4) is 0 Å². The molecule has 0 spiro atoms. The minimum absolute atomic E-state index is 0.162. The van der Waals surface area contributed by atoms with Crippen molar-refractivity contribution >= 4 is 23.3 Å². The van der Waals surface area contributed by atoms with E-state index in [0.717, 1.165) is 32.7 Å². The van der Waals surface area contributed by atoms with Gasteiger partial charge < -0.3 is 15.5 Å². The second-order valence-corrected chi connectivity index (χ2v) is 7.18. The van der Waals surface area contributed by atoms with E-state index in [4.69, 9.17) is 11.6 Å². The molecule has 2 amide bonds. The molecule has 0 aromatic heterocycles. The van der Waals surface area contributed by atoms with Crippen molar-refractivity contribution in [3.63, 3.8) is 0 Å². The van der Waals surface area contributed by atoms with Gasteiger partial charge in [0.15, 0.2) is 0 Å². The van der Waals surface area contributed by atoms with Crippen LogP contribution < -0.4 is 10.6 Å². The summed E-state index contributed by atoms with van der Waals surface area (Å²) in [7, 11) is 0. The summed E-state index contributed by atoms with van der Waals surface area (Å²) in [4.78, 5) is 17.3. The third-order valence-electron chi connectivity index (χ3n) is 5.02. The van der Waals surface area contributed by atoms with Crippen molar-refractivity contribution in [2.45, 2.75) is 13.0 Å². The number of benzene rings is 2. The first-order valence-electron chi connectivity index (χ1n) is 9.47. The van der Waals surface area contributed by atoms with Gasteiger partial charge in [-0.05, 0) is 30.3 Å². The van der Waals surface area contributed by atoms with Crippen molar-refractivity contribution in [2.24, 2.45) is 0 Å². The molecule has 1 unspecified atom stereocenters. The van der Waals surface area contributed by atoms with E-state index in [1.165, 1.54) is 5.56 Å². The predicted octanol–water partition coefficient (Wildman–Crippen LogP) is 3.84. The Hall–Kier alpha value is -2.08. The van der Waals surface area contributed by atoms with E-state index in [2.05, 4.69) is 51.6 Å². The maximum absolute atomic E-state index is 12.3. The summed E-state index contributed by atoms with van der Waals surface area (Å²) >= 11 is 5.98. The first-order valence-corrected chi connectivity index (χ1v) is 9.85. The Bertz CT molecular complexity index is 732. The molecule has 2 aromatic carbocycles. The fraction of sp³-hybridized carbons (Fsp3) is 0.381. The number of carbonyl (C=O) groups excluding carboxylic acids is 1. The van der Waals surface area contributed by atoms with Crippen LogP contribution in [0.15, 0.2) is 54.6 Å². The maximum Gasteiger partial charge on any atom is 0.319 e. The molecule has 144 valence electrons. The Kier molecular flexibility index (Phi) is 7.10. The minimum atomic E-state index is -0.217. The van der Waals surface area contributed by atoms with Gasteiger partial charge in [-0.15, -0.1) is 0 Å². The standard InChI is InChI=1S/C21H27ClN4O/c1-2-25-11-13-26(14-12-25)20(17-7-4-3-5-8-17)16-23-21(27)24-19-10-6-9-18(22)15-19/h3-10,15,20H,2,11-14,16H2,1H3,(H2,23,24,27). The number of halogens is 1. The largest absolute Gasteiger partial charge is 0.336 e. The summed E-state index contributed by atoms with van der Waals surface area (Å²) in [5, 5.41) is 6.47. The van der Waals surface area contributed by atoms with Gasteiger partial charge in [0.1, 0.15) is 0 Å². The van der Waals surface area contributed by atoms with Gasteiger partial charge in [-0.1, -0.05) is 54.9 Å². The second kappa shape index (κ2) is 9.74. The lowest BCUT2D eigenvalue weighted by atomic mass is 10.0. The molecule has 2 aromatic rings. The number of hydrogen-bond donors (Lipinski definition) is 2. The molecule has 2 N–H and O–H groups in total. The lowest BCUT2D eigenvalue weighted by molar-refractivity contribution is 0.0992. The van der Waals surface area contributed by atoms with E-state index in [1.54, 1.807) is 12.1 Å². The Morgan fingerprint density at radius 1 is 1.07 bits per heavy atom. The Morgan fingerprint density at radius 2 is 1.81 bits per heavy atom. The number of hydrogen-bond acceptors (Lipinski definition) is 3. The minimum Gasteiger partial charge on any atom is -0.336 e. The summed E-state index contributed by atoms with van der Waals surface area (Å²) in [6.07, 6.45) is 0. The van der Waals surface area contributed by atoms with Gasteiger partial charge in [0.25, 0.3) is 0 Å². The number of amides is 2. The van der Waals surface area contributed by atoms with Gasteiger partial charge >= 0.3 is 6.03 Å². The molecule has 0 radical (unpaired) electrons. The average Bonchev–Trinajstić information content (AvgIpc) is 2.69.